The van der Waals surface area contributed by atoms with Gasteiger partial charge in [0.15, 0.2) is 0 Å². The van der Waals surface area contributed by atoms with Gasteiger partial charge in [0.25, 0.3) is 0 Å². The van der Waals surface area contributed by atoms with E-state index < -0.39 is 5.41 Å². The Hall–Kier alpha value is -1.10. The summed E-state index contributed by atoms with van der Waals surface area (Å²) in [6.07, 6.45) is 2.02. The Bertz CT molecular complexity index is 264. The summed E-state index contributed by atoms with van der Waals surface area (Å²) >= 11 is 0. The maximum atomic E-state index is 11.5. The van der Waals surface area contributed by atoms with Crippen LogP contribution in [0.25, 0.3) is 0 Å². The van der Waals surface area contributed by atoms with Gasteiger partial charge >= 0.3 is 0 Å². The number of carbonyl (C=O) groups is 2. The lowest BCUT2D eigenvalue weighted by molar-refractivity contribution is -0.126. The van der Waals surface area contributed by atoms with Crippen molar-refractivity contribution in [2.45, 2.75) is 46.6 Å². The van der Waals surface area contributed by atoms with E-state index in [-0.39, 0.29) is 24.4 Å². The molecule has 0 heterocycles. The highest BCUT2D eigenvalue weighted by Gasteiger charge is 2.24. The lowest BCUT2D eigenvalue weighted by Gasteiger charge is -2.21. The van der Waals surface area contributed by atoms with Crippen molar-refractivity contribution in [1.29, 1.82) is 0 Å². The molecule has 0 spiro atoms. The average Bonchev–Trinajstić information content (AvgIpc) is 2.16. The minimum Gasteiger partial charge on any atom is -0.369 e. The van der Waals surface area contributed by atoms with Crippen LogP contribution in [0.15, 0.2) is 0 Å². The minimum absolute atomic E-state index is 0.0498. The Balaban J connectivity index is 3.82. The standard InChI is InChI=1S/C12H25N3O2/c1-5-6-9(2)15-10(16)7-14-8-12(3,4)11(13)17/h9,14H,5-8H2,1-4H3,(H2,13,17)(H,15,16). The fourth-order valence-corrected chi connectivity index (χ4v) is 1.41. The normalized spacial score (nSPS) is 13.2. The maximum absolute atomic E-state index is 11.5. The van der Waals surface area contributed by atoms with Crippen LogP contribution in [-0.2, 0) is 9.59 Å². The predicted molar refractivity (Wildman–Crippen MR) is 68.4 cm³/mol. The second kappa shape index (κ2) is 7.27. The van der Waals surface area contributed by atoms with Crippen LogP contribution < -0.4 is 16.4 Å². The molecular weight excluding hydrogens is 218 g/mol. The molecule has 4 N–H and O–H groups in total. The van der Waals surface area contributed by atoms with Crippen LogP contribution in [-0.4, -0.2) is 30.9 Å². The molecule has 0 aromatic heterocycles. The van der Waals surface area contributed by atoms with E-state index in [1.54, 1.807) is 13.8 Å². The van der Waals surface area contributed by atoms with E-state index in [4.69, 9.17) is 5.73 Å². The van der Waals surface area contributed by atoms with Gasteiger partial charge in [-0.2, -0.15) is 0 Å². The SMILES string of the molecule is CCCC(C)NC(=O)CNCC(C)(C)C(N)=O. The van der Waals surface area contributed by atoms with E-state index in [9.17, 15) is 9.59 Å². The molecule has 1 unspecified atom stereocenters. The molecule has 0 aliphatic rings. The highest BCUT2D eigenvalue weighted by Crippen LogP contribution is 2.11. The van der Waals surface area contributed by atoms with Gasteiger partial charge in [0.2, 0.25) is 11.8 Å². The van der Waals surface area contributed by atoms with Gasteiger partial charge in [-0.05, 0) is 27.2 Å². The summed E-state index contributed by atoms with van der Waals surface area (Å²) in [6, 6.07) is 0.193. The quantitative estimate of drug-likeness (QED) is 0.576. The van der Waals surface area contributed by atoms with Crippen molar-refractivity contribution in [3.05, 3.63) is 0 Å². The summed E-state index contributed by atoms with van der Waals surface area (Å²) in [6.45, 7) is 8.17. The lowest BCUT2D eigenvalue weighted by atomic mass is 9.93. The zero-order chi connectivity index (χ0) is 13.5. The number of hydrogen-bond acceptors (Lipinski definition) is 3. The number of nitrogens with one attached hydrogen (secondary N) is 2. The van der Waals surface area contributed by atoms with E-state index in [0.717, 1.165) is 12.8 Å². The topological polar surface area (TPSA) is 84.2 Å². The molecule has 5 nitrogen and oxygen atoms in total. The minimum atomic E-state index is -0.630. The molecule has 0 saturated heterocycles. The van der Waals surface area contributed by atoms with Gasteiger partial charge in [-0.1, -0.05) is 13.3 Å². The van der Waals surface area contributed by atoms with Gasteiger partial charge in [-0.3, -0.25) is 9.59 Å². The highest BCUT2D eigenvalue weighted by atomic mass is 16.2. The smallest absolute Gasteiger partial charge is 0.234 e. The van der Waals surface area contributed by atoms with Crippen molar-refractivity contribution in [1.82, 2.24) is 10.6 Å². The van der Waals surface area contributed by atoms with Crippen LogP contribution >= 0.6 is 0 Å². The van der Waals surface area contributed by atoms with E-state index in [1.807, 2.05) is 6.92 Å². The Kier molecular flexibility index (Phi) is 6.80. The van der Waals surface area contributed by atoms with Crippen LogP contribution in [0.4, 0.5) is 0 Å². The molecule has 0 aliphatic carbocycles. The third kappa shape index (κ3) is 6.94. The Morgan fingerprint density at radius 2 is 1.94 bits per heavy atom. The van der Waals surface area contributed by atoms with E-state index in [2.05, 4.69) is 17.6 Å². The van der Waals surface area contributed by atoms with Gasteiger partial charge in [0.1, 0.15) is 0 Å². The molecule has 0 aliphatic heterocycles. The molecule has 5 heteroatoms. The van der Waals surface area contributed by atoms with E-state index >= 15 is 0 Å². The van der Waals surface area contributed by atoms with Gasteiger partial charge in [-0.15, -0.1) is 0 Å². The number of carbonyl (C=O) groups excluding carboxylic acids is 2. The first kappa shape index (κ1) is 15.9. The first-order valence-electron chi connectivity index (χ1n) is 6.09. The summed E-state index contributed by atoms with van der Waals surface area (Å²) in [5.74, 6) is -0.420. The molecule has 0 rings (SSSR count). The summed E-state index contributed by atoms with van der Waals surface area (Å²) in [7, 11) is 0. The highest BCUT2D eigenvalue weighted by molar-refractivity contribution is 5.80. The molecule has 0 bridgehead atoms. The number of nitrogens with two attached hydrogens (primary N) is 1. The maximum Gasteiger partial charge on any atom is 0.234 e. The molecule has 0 radical (unpaired) electrons. The largest absolute Gasteiger partial charge is 0.369 e. The molecule has 100 valence electrons. The molecule has 17 heavy (non-hydrogen) atoms. The summed E-state index contributed by atoms with van der Waals surface area (Å²) < 4.78 is 0. The Labute approximate surface area is 104 Å². The molecule has 0 aromatic rings. The van der Waals surface area contributed by atoms with Crippen LogP contribution in [0.1, 0.15) is 40.5 Å². The van der Waals surface area contributed by atoms with Crippen LogP contribution in [0, 0.1) is 5.41 Å². The van der Waals surface area contributed by atoms with Crippen LogP contribution in [0.2, 0.25) is 0 Å². The monoisotopic (exact) mass is 243 g/mol. The second-order valence-corrected chi connectivity index (χ2v) is 5.11. The first-order valence-corrected chi connectivity index (χ1v) is 6.09. The number of amides is 2. The van der Waals surface area contributed by atoms with Crippen LogP contribution in [0.5, 0.6) is 0 Å². The molecule has 1 atom stereocenters. The van der Waals surface area contributed by atoms with Crippen molar-refractivity contribution in [2.24, 2.45) is 11.1 Å². The van der Waals surface area contributed by atoms with Crippen molar-refractivity contribution in [3.8, 4) is 0 Å². The molecular formula is C12H25N3O2. The molecule has 0 fully saturated rings. The third-order valence-electron chi connectivity index (χ3n) is 2.65. The molecule has 2 amide bonds. The van der Waals surface area contributed by atoms with Crippen molar-refractivity contribution in [3.63, 3.8) is 0 Å². The first-order chi connectivity index (χ1) is 7.79. The summed E-state index contributed by atoms with van der Waals surface area (Å²) in [5.41, 5.74) is 4.60. The molecule has 0 saturated carbocycles. The number of hydrogen-bond donors (Lipinski definition) is 3. The number of rotatable bonds is 8. The van der Waals surface area contributed by atoms with Gasteiger partial charge in [0.05, 0.1) is 12.0 Å². The fraction of sp³-hybridized carbons (Fsp3) is 0.833. The van der Waals surface area contributed by atoms with Crippen LogP contribution in [0.3, 0.4) is 0 Å². The van der Waals surface area contributed by atoms with Crippen molar-refractivity contribution < 1.29 is 9.59 Å². The van der Waals surface area contributed by atoms with Gasteiger partial charge < -0.3 is 16.4 Å². The number of primary amides is 1. The summed E-state index contributed by atoms with van der Waals surface area (Å²) in [5, 5.41) is 5.82. The van der Waals surface area contributed by atoms with Crippen molar-refractivity contribution >= 4 is 11.8 Å². The van der Waals surface area contributed by atoms with Crippen molar-refractivity contribution in [2.75, 3.05) is 13.1 Å². The van der Waals surface area contributed by atoms with E-state index in [1.165, 1.54) is 0 Å². The second-order valence-electron chi connectivity index (χ2n) is 5.11. The zero-order valence-electron chi connectivity index (χ0n) is 11.3. The summed E-state index contributed by atoms with van der Waals surface area (Å²) in [4.78, 5) is 22.5. The Morgan fingerprint density at radius 1 is 1.35 bits per heavy atom. The van der Waals surface area contributed by atoms with Gasteiger partial charge in [-0.25, -0.2) is 0 Å². The van der Waals surface area contributed by atoms with Gasteiger partial charge in [0, 0.05) is 12.6 Å². The molecule has 0 aromatic carbocycles. The fourth-order valence-electron chi connectivity index (χ4n) is 1.41. The third-order valence-corrected chi connectivity index (χ3v) is 2.65. The zero-order valence-corrected chi connectivity index (χ0v) is 11.3. The predicted octanol–water partition coefficient (Wildman–Crippen LogP) is 0.392. The Morgan fingerprint density at radius 3 is 2.41 bits per heavy atom. The lowest BCUT2D eigenvalue weighted by Crippen LogP contribution is -2.45. The average molecular weight is 243 g/mol. The van der Waals surface area contributed by atoms with E-state index in [0.29, 0.717) is 6.54 Å².